The van der Waals surface area contributed by atoms with Crippen molar-refractivity contribution in [2.24, 2.45) is 0 Å². The number of thiol groups is 1. The molecule has 0 aliphatic heterocycles. The lowest BCUT2D eigenvalue weighted by Crippen LogP contribution is -2.18. The molecule has 0 aromatic heterocycles. The molecule has 0 heterocycles. The van der Waals surface area contributed by atoms with Gasteiger partial charge in [-0.25, -0.2) is 0 Å². The van der Waals surface area contributed by atoms with Gasteiger partial charge in [0.25, 0.3) is 10.2 Å². The highest BCUT2D eigenvalue weighted by molar-refractivity contribution is 7.80. The van der Waals surface area contributed by atoms with E-state index in [-0.39, 0.29) is 0 Å². The number of hydrogen-bond acceptors (Lipinski definition) is 7. The van der Waals surface area contributed by atoms with Gasteiger partial charge < -0.3 is 9.68 Å². The molecular formula is C8H8N2O6S. The smallest absolute Gasteiger partial charge is 0.295 e. The standard InChI is InChI=1S/C8H8N2O6S/c11-9(12)15-5-7(16-10(13)14)6-3-1-2-4-8(6)17/h1-4,7,17H,5H2. The monoisotopic (exact) mass is 260 g/mol. The molecule has 1 rings (SSSR count). The predicted octanol–water partition coefficient (Wildman–Crippen LogP) is 1.43. The molecule has 0 bridgehead atoms. The Morgan fingerprint density at radius 2 is 1.88 bits per heavy atom. The zero-order chi connectivity index (χ0) is 12.8. The van der Waals surface area contributed by atoms with Crippen LogP contribution in [0.1, 0.15) is 11.7 Å². The molecule has 1 unspecified atom stereocenters. The van der Waals surface area contributed by atoms with Crippen LogP contribution in [0.3, 0.4) is 0 Å². The molecule has 0 spiro atoms. The molecule has 0 saturated heterocycles. The molecule has 1 aromatic carbocycles. The van der Waals surface area contributed by atoms with Gasteiger partial charge in [0, 0.05) is 4.90 Å². The summed E-state index contributed by atoms with van der Waals surface area (Å²) in [5.41, 5.74) is 0.342. The maximum atomic E-state index is 10.3. The summed E-state index contributed by atoms with van der Waals surface area (Å²) in [4.78, 5) is 29.1. The number of hydrogen-bond donors (Lipinski definition) is 1. The fourth-order valence-corrected chi connectivity index (χ4v) is 1.47. The third-order valence-corrected chi connectivity index (χ3v) is 2.24. The van der Waals surface area contributed by atoms with Crippen molar-refractivity contribution in [2.75, 3.05) is 6.61 Å². The van der Waals surface area contributed by atoms with E-state index in [1.54, 1.807) is 18.2 Å². The molecule has 0 fully saturated rings. The first-order valence-corrected chi connectivity index (χ1v) is 4.81. The summed E-state index contributed by atoms with van der Waals surface area (Å²) in [5.74, 6) is 0. The maximum absolute atomic E-state index is 10.3. The first kappa shape index (κ1) is 13.0. The Morgan fingerprint density at radius 3 is 2.41 bits per heavy atom. The van der Waals surface area contributed by atoms with Gasteiger partial charge in [-0.2, -0.15) is 0 Å². The van der Waals surface area contributed by atoms with Crippen LogP contribution in [0.25, 0.3) is 0 Å². The zero-order valence-corrected chi connectivity index (χ0v) is 9.28. The fraction of sp³-hybridized carbons (Fsp3) is 0.250. The van der Waals surface area contributed by atoms with Gasteiger partial charge in [0.05, 0.1) is 0 Å². The first-order chi connectivity index (χ1) is 8.00. The molecule has 0 radical (unpaired) electrons. The molecule has 0 N–H and O–H groups in total. The van der Waals surface area contributed by atoms with Crippen LogP contribution in [0.15, 0.2) is 29.2 Å². The van der Waals surface area contributed by atoms with Crippen molar-refractivity contribution in [3.8, 4) is 0 Å². The van der Waals surface area contributed by atoms with Crippen LogP contribution < -0.4 is 0 Å². The summed E-state index contributed by atoms with van der Waals surface area (Å²) >= 11 is 4.08. The Balaban J connectivity index is 2.85. The molecule has 1 aromatic rings. The van der Waals surface area contributed by atoms with Gasteiger partial charge in [-0.15, -0.1) is 32.9 Å². The van der Waals surface area contributed by atoms with Crippen molar-refractivity contribution < 1.29 is 19.8 Å². The van der Waals surface area contributed by atoms with E-state index in [0.717, 1.165) is 0 Å². The van der Waals surface area contributed by atoms with Crippen LogP contribution >= 0.6 is 12.6 Å². The minimum Gasteiger partial charge on any atom is -0.311 e. The highest BCUT2D eigenvalue weighted by atomic mass is 32.1. The molecule has 0 saturated carbocycles. The lowest BCUT2D eigenvalue weighted by atomic mass is 10.1. The number of rotatable bonds is 6. The van der Waals surface area contributed by atoms with E-state index in [2.05, 4.69) is 22.3 Å². The van der Waals surface area contributed by atoms with Crippen molar-refractivity contribution in [3.63, 3.8) is 0 Å². The Morgan fingerprint density at radius 1 is 1.24 bits per heavy atom. The second-order valence-electron chi connectivity index (χ2n) is 2.90. The van der Waals surface area contributed by atoms with E-state index < -0.39 is 22.9 Å². The SMILES string of the molecule is O=[N+]([O-])OCC(O[N+](=O)[O-])c1ccccc1S. The van der Waals surface area contributed by atoms with Gasteiger partial charge in [0.15, 0.2) is 6.10 Å². The third-order valence-electron chi connectivity index (χ3n) is 1.83. The first-order valence-electron chi connectivity index (χ1n) is 4.37. The summed E-state index contributed by atoms with van der Waals surface area (Å²) in [6, 6.07) is 6.38. The topological polar surface area (TPSA) is 105 Å². The van der Waals surface area contributed by atoms with Crippen molar-refractivity contribution in [1.82, 2.24) is 0 Å². The van der Waals surface area contributed by atoms with E-state index in [0.29, 0.717) is 10.5 Å². The average molecular weight is 260 g/mol. The van der Waals surface area contributed by atoms with Crippen LogP contribution in [0.4, 0.5) is 0 Å². The molecule has 8 nitrogen and oxygen atoms in total. The van der Waals surface area contributed by atoms with Gasteiger partial charge in [-0.3, -0.25) is 0 Å². The van der Waals surface area contributed by atoms with Gasteiger partial charge >= 0.3 is 0 Å². The molecular weight excluding hydrogens is 252 g/mol. The highest BCUT2D eigenvalue weighted by Gasteiger charge is 2.19. The second kappa shape index (κ2) is 5.89. The zero-order valence-electron chi connectivity index (χ0n) is 8.38. The average Bonchev–Trinajstić information content (AvgIpc) is 2.24. The Labute approximate surface area is 101 Å². The van der Waals surface area contributed by atoms with E-state index >= 15 is 0 Å². The molecule has 17 heavy (non-hydrogen) atoms. The van der Waals surface area contributed by atoms with Crippen molar-refractivity contribution in [1.29, 1.82) is 0 Å². The van der Waals surface area contributed by atoms with E-state index in [4.69, 9.17) is 0 Å². The molecule has 0 amide bonds. The lowest BCUT2D eigenvalue weighted by molar-refractivity contribution is -0.792. The summed E-state index contributed by atoms with van der Waals surface area (Å²) in [6.07, 6.45) is -1.19. The Bertz CT molecular complexity index is 426. The van der Waals surface area contributed by atoms with E-state index in [1.807, 2.05) is 0 Å². The third kappa shape index (κ3) is 4.15. The van der Waals surface area contributed by atoms with Crippen molar-refractivity contribution in [3.05, 3.63) is 50.1 Å². The largest absolute Gasteiger partial charge is 0.311 e. The molecule has 1 atom stereocenters. The minimum absolute atomic E-state index is 0.342. The fourth-order valence-electron chi connectivity index (χ4n) is 1.17. The molecule has 9 heteroatoms. The van der Waals surface area contributed by atoms with Gasteiger partial charge in [0.2, 0.25) is 0 Å². The minimum atomic E-state index is -1.19. The summed E-state index contributed by atoms with van der Waals surface area (Å²) in [6.45, 7) is -0.578. The normalized spacial score (nSPS) is 11.6. The van der Waals surface area contributed by atoms with E-state index in [1.165, 1.54) is 6.07 Å². The molecule has 0 aliphatic rings. The van der Waals surface area contributed by atoms with Crippen LogP contribution in [0, 0.1) is 20.2 Å². The summed E-state index contributed by atoms with van der Waals surface area (Å²) < 4.78 is 0. The van der Waals surface area contributed by atoms with Crippen LogP contribution in [-0.2, 0) is 9.68 Å². The molecule has 92 valence electrons. The summed E-state index contributed by atoms with van der Waals surface area (Å²) in [7, 11) is 0. The summed E-state index contributed by atoms with van der Waals surface area (Å²) in [5, 5.41) is 18.2. The van der Waals surface area contributed by atoms with Crippen LogP contribution in [-0.4, -0.2) is 16.8 Å². The Hall–Kier alpha value is -2.03. The lowest BCUT2D eigenvalue weighted by Gasteiger charge is -2.15. The predicted molar refractivity (Wildman–Crippen MR) is 57.5 cm³/mol. The Kier molecular flexibility index (Phi) is 4.52. The van der Waals surface area contributed by atoms with Crippen LogP contribution in [0.2, 0.25) is 0 Å². The quantitative estimate of drug-likeness (QED) is 0.471. The van der Waals surface area contributed by atoms with Crippen LogP contribution in [0.5, 0.6) is 0 Å². The second-order valence-corrected chi connectivity index (χ2v) is 3.38. The van der Waals surface area contributed by atoms with Crippen molar-refractivity contribution >= 4 is 12.6 Å². The van der Waals surface area contributed by atoms with Gasteiger partial charge in [-0.1, -0.05) is 18.2 Å². The van der Waals surface area contributed by atoms with Crippen molar-refractivity contribution in [2.45, 2.75) is 11.0 Å². The van der Waals surface area contributed by atoms with E-state index in [9.17, 15) is 20.2 Å². The van der Waals surface area contributed by atoms with Gasteiger partial charge in [-0.05, 0) is 11.6 Å². The molecule has 0 aliphatic carbocycles. The number of nitrogens with zero attached hydrogens (tertiary/aromatic N) is 2. The highest BCUT2D eigenvalue weighted by Crippen LogP contribution is 2.24. The maximum Gasteiger partial charge on any atom is 0.295 e. The van der Waals surface area contributed by atoms with Gasteiger partial charge in [0.1, 0.15) is 6.61 Å². The number of benzene rings is 1.